The number of pyridine rings is 1. The van der Waals surface area contributed by atoms with Crippen LogP contribution in [-0.4, -0.2) is 16.1 Å². The van der Waals surface area contributed by atoms with E-state index in [0.29, 0.717) is 0 Å². The minimum atomic E-state index is -2.79. The number of hydrogen-bond donors (Lipinski definition) is 1. The lowest BCUT2D eigenvalue weighted by molar-refractivity contribution is -0.136. The van der Waals surface area contributed by atoms with E-state index in [9.17, 15) is 13.6 Å². The third-order valence-corrected chi connectivity index (χ3v) is 1.68. The first-order valence-corrected chi connectivity index (χ1v) is 3.93. The summed E-state index contributed by atoms with van der Waals surface area (Å²) >= 11 is 0. The van der Waals surface area contributed by atoms with Crippen LogP contribution in [0.2, 0.25) is 0 Å². The van der Waals surface area contributed by atoms with Gasteiger partial charge >= 0.3 is 5.97 Å². The predicted octanol–water partition coefficient (Wildman–Crippen LogP) is 1.52. The number of aliphatic carboxylic acids is 1. The second-order valence-electron chi connectivity index (χ2n) is 2.75. The Bertz CT molecular complexity index is 427. The molecule has 4 nitrogen and oxygen atoms in total. The maximum absolute atomic E-state index is 12.3. The molecule has 0 aromatic carbocycles. The lowest BCUT2D eigenvalue weighted by atomic mass is 10.1. The van der Waals surface area contributed by atoms with Crippen LogP contribution in [0.25, 0.3) is 0 Å². The Labute approximate surface area is 83.8 Å². The van der Waals surface area contributed by atoms with Crippen LogP contribution in [0, 0.1) is 11.3 Å². The molecule has 78 valence electrons. The van der Waals surface area contributed by atoms with Gasteiger partial charge in [0.1, 0.15) is 0 Å². The average molecular weight is 212 g/mol. The number of alkyl halides is 2. The normalized spacial score (nSPS) is 10.0. The van der Waals surface area contributed by atoms with Crippen LogP contribution in [0.5, 0.6) is 0 Å². The van der Waals surface area contributed by atoms with Crippen molar-refractivity contribution >= 4 is 5.97 Å². The fourth-order valence-electron chi connectivity index (χ4n) is 1.03. The first-order chi connectivity index (χ1) is 7.04. The number of carboxylic acids is 1. The first kappa shape index (κ1) is 11.0. The average Bonchev–Trinajstić information content (AvgIpc) is 2.16. The molecule has 1 rings (SSSR count). The molecule has 0 unspecified atom stereocenters. The number of carboxylic acid groups (broad SMARTS) is 1. The zero-order chi connectivity index (χ0) is 11.4. The lowest BCUT2D eigenvalue weighted by Gasteiger charge is -2.03. The summed E-state index contributed by atoms with van der Waals surface area (Å²) in [5, 5.41) is 17.0. The lowest BCUT2D eigenvalue weighted by Crippen LogP contribution is -2.04. The molecule has 0 aliphatic rings. The Hall–Kier alpha value is -2.03. The van der Waals surface area contributed by atoms with Gasteiger partial charge in [-0.2, -0.15) is 5.26 Å². The molecule has 0 spiro atoms. The number of rotatable bonds is 3. The van der Waals surface area contributed by atoms with Crippen molar-refractivity contribution in [2.24, 2.45) is 0 Å². The fraction of sp³-hybridized carbons (Fsp3) is 0.222. The quantitative estimate of drug-likeness (QED) is 0.824. The van der Waals surface area contributed by atoms with Gasteiger partial charge in [-0.3, -0.25) is 9.78 Å². The molecule has 0 aliphatic carbocycles. The summed E-state index contributed by atoms with van der Waals surface area (Å²) in [5.41, 5.74) is -0.633. The van der Waals surface area contributed by atoms with Crippen LogP contribution in [0.1, 0.15) is 23.2 Å². The molecule has 0 amide bonds. The van der Waals surface area contributed by atoms with E-state index in [0.717, 1.165) is 12.3 Å². The van der Waals surface area contributed by atoms with Crippen molar-refractivity contribution in [1.82, 2.24) is 4.98 Å². The Balaban J connectivity index is 3.09. The summed E-state index contributed by atoms with van der Waals surface area (Å²) in [6.45, 7) is 0. The van der Waals surface area contributed by atoms with Gasteiger partial charge in [0.2, 0.25) is 0 Å². The van der Waals surface area contributed by atoms with Crippen molar-refractivity contribution < 1.29 is 18.7 Å². The van der Waals surface area contributed by atoms with Gasteiger partial charge in [-0.15, -0.1) is 0 Å². The molecule has 0 radical (unpaired) electrons. The Morgan fingerprint density at radius 1 is 1.67 bits per heavy atom. The highest BCUT2D eigenvalue weighted by atomic mass is 19.3. The molecule has 0 saturated heterocycles. The molecule has 0 bridgehead atoms. The standard InChI is InChI=1S/C9H6F2N2O2/c10-9(11)7-4-13-6(2-8(14)15)1-5(7)3-12/h1,4,9H,2H2,(H,14,15). The van der Waals surface area contributed by atoms with Crippen LogP contribution < -0.4 is 0 Å². The maximum Gasteiger partial charge on any atom is 0.309 e. The SMILES string of the molecule is N#Cc1cc(CC(=O)O)ncc1C(F)F. The molecular weight excluding hydrogens is 206 g/mol. The Morgan fingerprint density at radius 2 is 2.33 bits per heavy atom. The second kappa shape index (κ2) is 4.46. The van der Waals surface area contributed by atoms with E-state index in [2.05, 4.69) is 4.98 Å². The van der Waals surface area contributed by atoms with Gasteiger partial charge in [0.05, 0.1) is 29.3 Å². The highest BCUT2D eigenvalue weighted by Crippen LogP contribution is 2.22. The van der Waals surface area contributed by atoms with Gasteiger partial charge in [-0.05, 0) is 6.07 Å². The van der Waals surface area contributed by atoms with E-state index >= 15 is 0 Å². The fourth-order valence-corrected chi connectivity index (χ4v) is 1.03. The molecular formula is C9H6F2N2O2. The van der Waals surface area contributed by atoms with Crippen molar-refractivity contribution in [3.8, 4) is 6.07 Å². The minimum Gasteiger partial charge on any atom is -0.481 e. The van der Waals surface area contributed by atoms with Gasteiger partial charge in [-0.25, -0.2) is 8.78 Å². The molecule has 6 heteroatoms. The Kier molecular flexibility index (Phi) is 3.29. The molecule has 0 fully saturated rings. The number of hydrogen-bond acceptors (Lipinski definition) is 3. The van der Waals surface area contributed by atoms with Gasteiger partial charge in [-0.1, -0.05) is 0 Å². The highest BCUT2D eigenvalue weighted by molar-refractivity contribution is 5.69. The van der Waals surface area contributed by atoms with Crippen LogP contribution in [0.15, 0.2) is 12.3 Å². The van der Waals surface area contributed by atoms with Gasteiger partial charge in [0.25, 0.3) is 6.43 Å². The van der Waals surface area contributed by atoms with Crippen molar-refractivity contribution in [2.75, 3.05) is 0 Å². The summed E-state index contributed by atoms with van der Waals surface area (Å²) in [6.07, 6.45) is -2.34. The van der Waals surface area contributed by atoms with Crippen LogP contribution in [0.3, 0.4) is 0 Å². The van der Waals surface area contributed by atoms with Crippen LogP contribution >= 0.6 is 0 Å². The molecule has 1 heterocycles. The summed E-state index contributed by atoms with van der Waals surface area (Å²) in [4.78, 5) is 13.9. The maximum atomic E-state index is 12.3. The second-order valence-corrected chi connectivity index (χ2v) is 2.75. The Morgan fingerprint density at radius 3 is 2.80 bits per heavy atom. The number of halogens is 2. The van der Waals surface area contributed by atoms with Gasteiger partial charge < -0.3 is 5.11 Å². The molecule has 1 aromatic heterocycles. The largest absolute Gasteiger partial charge is 0.481 e. The number of nitrogens with zero attached hydrogens (tertiary/aromatic N) is 2. The highest BCUT2D eigenvalue weighted by Gasteiger charge is 2.14. The number of aromatic nitrogens is 1. The van der Waals surface area contributed by atoms with E-state index in [1.54, 1.807) is 6.07 Å². The smallest absolute Gasteiger partial charge is 0.309 e. The topological polar surface area (TPSA) is 74.0 Å². The summed E-state index contributed by atoms with van der Waals surface area (Å²) in [6, 6.07) is 2.64. The summed E-state index contributed by atoms with van der Waals surface area (Å²) in [7, 11) is 0. The van der Waals surface area contributed by atoms with Gasteiger partial charge in [0.15, 0.2) is 0 Å². The van der Waals surface area contributed by atoms with Crippen LogP contribution in [0.4, 0.5) is 8.78 Å². The van der Waals surface area contributed by atoms with Crippen LogP contribution in [-0.2, 0) is 11.2 Å². The third kappa shape index (κ3) is 2.71. The predicted molar refractivity (Wildman–Crippen MR) is 45.2 cm³/mol. The van der Waals surface area contributed by atoms with E-state index in [1.807, 2.05) is 0 Å². The van der Waals surface area contributed by atoms with Crippen molar-refractivity contribution in [3.63, 3.8) is 0 Å². The molecule has 1 aromatic rings. The van der Waals surface area contributed by atoms with Gasteiger partial charge in [0, 0.05) is 6.20 Å². The molecule has 0 atom stereocenters. The van der Waals surface area contributed by atoms with Crippen molar-refractivity contribution in [1.29, 1.82) is 5.26 Å². The van der Waals surface area contributed by atoms with E-state index in [4.69, 9.17) is 10.4 Å². The monoisotopic (exact) mass is 212 g/mol. The van der Waals surface area contributed by atoms with E-state index in [-0.39, 0.29) is 11.3 Å². The molecule has 1 N–H and O–H groups in total. The van der Waals surface area contributed by atoms with Crippen molar-refractivity contribution in [2.45, 2.75) is 12.8 Å². The minimum absolute atomic E-state index is 0.0865. The number of carbonyl (C=O) groups is 1. The molecule has 15 heavy (non-hydrogen) atoms. The number of nitriles is 1. The van der Waals surface area contributed by atoms with Crippen molar-refractivity contribution in [3.05, 3.63) is 29.1 Å². The third-order valence-electron chi connectivity index (χ3n) is 1.68. The molecule has 0 aliphatic heterocycles. The van der Waals surface area contributed by atoms with E-state index < -0.39 is 24.4 Å². The zero-order valence-corrected chi connectivity index (χ0v) is 7.44. The summed E-state index contributed by atoms with van der Waals surface area (Å²) < 4.78 is 24.6. The molecule has 0 saturated carbocycles. The van der Waals surface area contributed by atoms with E-state index in [1.165, 1.54) is 0 Å². The summed E-state index contributed by atoms with van der Waals surface area (Å²) in [5.74, 6) is -1.13. The first-order valence-electron chi connectivity index (χ1n) is 3.93. The zero-order valence-electron chi connectivity index (χ0n) is 7.44.